The summed E-state index contributed by atoms with van der Waals surface area (Å²) in [5.41, 5.74) is 2.08. The molecule has 0 aliphatic heterocycles. The van der Waals surface area contributed by atoms with Gasteiger partial charge in [0, 0.05) is 6.07 Å². The Hall–Kier alpha value is -2.43. The second-order valence-electron chi connectivity index (χ2n) is 5.01. The van der Waals surface area contributed by atoms with E-state index in [0.29, 0.717) is 5.82 Å². The van der Waals surface area contributed by atoms with Gasteiger partial charge in [0.15, 0.2) is 0 Å². The number of rotatable bonds is 4. The van der Waals surface area contributed by atoms with Crippen LogP contribution in [0.4, 0.5) is 0 Å². The maximum absolute atomic E-state index is 12.1. The van der Waals surface area contributed by atoms with Crippen LogP contribution in [-0.4, -0.2) is 15.9 Å². The number of carbonyl (C=O) groups excluding carboxylic acids is 1. The summed E-state index contributed by atoms with van der Waals surface area (Å²) in [4.78, 5) is 30.1. The molecule has 1 amide bonds. The van der Waals surface area contributed by atoms with Crippen molar-refractivity contribution in [3.8, 4) is 0 Å². The number of aryl methyl sites for hydroxylation is 2. The van der Waals surface area contributed by atoms with Gasteiger partial charge in [0.2, 0.25) is 0 Å². The van der Waals surface area contributed by atoms with Crippen molar-refractivity contribution in [2.75, 3.05) is 0 Å². The first-order chi connectivity index (χ1) is 9.99. The van der Waals surface area contributed by atoms with Crippen LogP contribution in [0.25, 0.3) is 0 Å². The van der Waals surface area contributed by atoms with Gasteiger partial charge in [-0.3, -0.25) is 9.59 Å². The Morgan fingerprint density at radius 2 is 2.00 bits per heavy atom. The highest BCUT2D eigenvalue weighted by Crippen LogP contribution is 2.14. The Morgan fingerprint density at radius 1 is 1.33 bits per heavy atom. The fourth-order valence-electron chi connectivity index (χ4n) is 2.09. The van der Waals surface area contributed by atoms with E-state index in [1.54, 1.807) is 6.92 Å². The quantitative estimate of drug-likeness (QED) is 0.903. The summed E-state index contributed by atoms with van der Waals surface area (Å²) in [6.07, 6.45) is 0.983. The number of nitrogens with zero attached hydrogens (tertiary/aromatic N) is 1. The Balaban J connectivity index is 2.12. The maximum atomic E-state index is 12.1. The minimum absolute atomic E-state index is 0.133. The van der Waals surface area contributed by atoms with Crippen molar-refractivity contribution in [3.63, 3.8) is 0 Å². The molecule has 110 valence electrons. The second kappa shape index (κ2) is 6.35. The third kappa shape index (κ3) is 3.78. The summed E-state index contributed by atoms with van der Waals surface area (Å²) in [5, 5.41) is 2.85. The Morgan fingerprint density at radius 3 is 2.57 bits per heavy atom. The van der Waals surface area contributed by atoms with Crippen molar-refractivity contribution in [1.29, 1.82) is 0 Å². The lowest BCUT2D eigenvalue weighted by Crippen LogP contribution is -2.29. The lowest BCUT2D eigenvalue weighted by molar-refractivity contribution is 0.0934. The molecule has 0 saturated heterocycles. The van der Waals surface area contributed by atoms with Gasteiger partial charge < -0.3 is 10.3 Å². The number of aromatic nitrogens is 2. The van der Waals surface area contributed by atoms with Crippen LogP contribution in [0, 0.1) is 6.92 Å². The SMILES string of the molecule is CCc1ccc(C(C)NC(=O)c2cc(=O)[nH]c(C)n2)cc1. The molecule has 1 heterocycles. The van der Waals surface area contributed by atoms with Crippen molar-refractivity contribution >= 4 is 5.91 Å². The molecule has 0 bridgehead atoms. The Labute approximate surface area is 123 Å². The second-order valence-corrected chi connectivity index (χ2v) is 5.01. The van der Waals surface area contributed by atoms with E-state index in [4.69, 9.17) is 0 Å². The van der Waals surface area contributed by atoms with Gasteiger partial charge in [0.1, 0.15) is 11.5 Å². The molecular weight excluding hydrogens is 266 g/mol. The summed E-state index contributed by atoms with van der Waals surface area (Å²) >= 11 is 0. The van der Waals surface area contributed by atoms with Crippen molar-refractivity contribution in [1.82, 2.24) is 15.3 Å². The van der Waals surface area contributed by atoms with Crippen molar-refractivity contribution in [3.05, 3.63) is 63.3 Å². The van der Waals surface area contributed by atoms with Gasteiger partial charge in [-0.25, -0.2) is 4.98 Å². The van der Waals surface area contributed by atoms with Gasteiger partial charge in [-0.15, -0.1) is 0 Å². The predicted octanol–water partition coefficient (Wildman–Crippen LogP) is 2.13. The Bertz CT molecular complexity index is 689. The summed E-state index contributed by atoms with van der Waals surface area (Å²) in [6, 6.07) is 9.15. The van der Waals surface area contributed by atoms with Gasteiger partial charge in [-0.05, 0) is 31.4 Å². The molecule has 1 atom stereocenters. The number of hydrogen-bond donors (Lipinski definition) is 2. The van der Waals surface area contributed by atoms with E-state index in [9.17, 15) is 9.59 Å². The van der Waals surface area contributed by atoms with Crippen LogP contribution in [0.15, 0.2) is 35.1 Å². The van der Waals surface area contributed by atoms with Crippen LogP contribution in [0.5, 0.6) is 0 Å². The van der Waals surface area contributed by atoms with Gasteiger partial charge in [-0.1, -0.05) is 31.2 Å². The highest BCUT2D eigenvalue weighted by Gasteiger charge is 2.13. The molecule has 5 heteroatoms. The summed E-state index contributed by atoms with van der Waals surface area (Å²) in [5.74, 6) is 0.0730. The van der Waals surface area contributed by atoms with E-state index in [-0.39, 0.29) is 23.2 Å². The monoisotopic (exact) mass is 285 g/mol. The Kier molecular flexibility index (Phi) is 4.52. The highest BCUT2D eigenvalue weighted by atomic mass is 16.2. The first-order valence-corrected chi connectivity index (χ1v) is 6.97. The predicted molar refractivity (Wildman–Crippen MR) is 81.3 cm³/mol. The van der Waals surface area contributed by atoms with Crippen molar-refractivity contribution < 1.29 is 4.79 Å². The number of carbonyl (C=O) groups is 1. The van der Waals surface area contributed by atoms with E-state index in [1.807, 2.05) is 31.2 Å². The molecule has 1 aromatic carbocycles. The van der Waals surface area contributed by atoms with E-state index in [1.165, 1.54) is 11.6 Å². The summed E-state index contributed by atoms with van der Waals surface area (Å²) in [7, 11) is 0. The first-order valence-electron chi connectivity index (χ1n) is 6.97. The topological polar surface area (TPSA) is 74.8 Å². The zero-order chi connectivity index (χ0) is 15.4. The molecule has 1 unspecified atom stereocenters. The molecule has 2 rings (SSSR count). The molecule has 0 aliphatic rings. The van der Waals surface area contributed by atoms with Crippen LogP contribution in [-0.2, 0) is 6.42 Å². The number of hydrogen-bond acceptors (Lipinski definition) is 3. The zero-order valence-electron chi connectivity index (χ0n) is 12.4. The molecule has 1 aromatic heterocycles. The van der Waals surface area contributed by atoms with E-state index < -0.39 is 0 Å². The van der Waals surface area contributed by atoms with Crippen molar-refractivity contribution in [2.45, 2.75) is 33.2 Å². The molecule has 0 aliphatic carbocycles. The lowest BCUT2D eigenvalue weighted by Gasteiger charge is -2.14. The molecule has 0 fully saturated rings. The van der Waals surface area contributed by atoms with Crippen LogP contribution >= 0.6 is 0 Å². The van der Waals surface area contributed by atoms with Gasteiger partial charge in [0.25, 0.3) is 11.5 Å². The van der Waals surface area contributed by atoms with Crippen molar-refractivity contribution in [2.24, 2.45) is 0 Å². The number of amides is 1. The zero-order valence-corrected chi connectivity index (χ0v) is 12.4. The highest BCUT2D eigenvalue weighted by molar-refractivity contribution is 5.92. The van der Waals surface area contributed by atoms with E-state index in [0.717, 1.165) is 12.0 Å². The molecule has 2 N–H and O–H groups in total. The number of nitrogens with one attached hydrogen (secondary N) is 2. The molecular formula is C16H19N3O2. The smallest absolute Gasteiger partial charge is 0.270 e. The lowest BCUT2D eigenvalue weighted by atomic mass is 10.0. The number of benzene rings is 1. The normalized spacial score (nSPS) is 12.0. The van der Waals surface area contributed by atoms with Crippen LogP contribution in [0.2, 0.25) is 0 Å². The van der Waals surface area contributed by atoms with Crippen LogP contribution < -0.4 is 10.9 Å². The van der Waals surface area contributed by atoms with Gasteiger partial charge in [-0.2, -0.15) is 0 Å². The molecule has 5 nitrogen and oxygen atoms in total. The molecule has 0 saturated carbocycles. The minimum Gasteiger partial charge on any atom is -0.344 e. The van der Waals surface area contributed by atoms with E-state index >= 15 is 0 Å². The van der Waals surface area contributed by atoms with Crippen LogP contribution in [0.3, 0.4) is 0 Å². The first kappa shape index (κ1) is 15.0. The standard InChI is InChI=1S/C16H19N3O2/c1-4-12-5-7-13(8-6-12)10(2)17-16(21)14-9-15(20)19-11(3)18-14/h5-10H,4H2,1-3H3,(H,17,21)(H,18,19,20). The minimum atomic E-state index is -0.351. The molecule has 0 spiro atoms. The third-order valence-corrected chi connectivity index (χ3v) is 3.33. The largest absolute Gasteiger partial charge is 0.344 e. The molecule has 21 heavy (non-hydrogen) atoms. The average Bonchev–Trinajstić information content (AvgIpc) is 2.46. The fraction of sp³-hybridized carbons (Fsp3) is 0.312. The third-order valence-electron chi connectivity index (χ3n) is 3.33. The maximum Gasteiger partial charge on any atom is 0.270 e. The summed E-state index contributed by atoms with van der Waals surface area (Å²) < 4.78 is 0. The fourth-order valence-corrected chi connectivity index (χ4v) is 2.09. The molecule has 0 radical (unpaired) electrons. The number of H-pyrrole nitrogens is 1. The van der Waals surface area contributed by atoms with Gasteiger partial charge in [0.05, 0.1) is 6.04 Å². The average molecular weight is 285 g/mol. The number of aromatic amines is 1. The summed E-state index contributed by atoms with van der Waals surface area (Å²) in [6.45, 7) is 5.64. The van der Waals surface area contributed by atoms with E-state index in [2.05, 4.69) is 22.2 Å². The van der Waals surface area contributed by atoms with Crippen LogP contribution in [0.1, 0.15) is 47.3 Å². The molecule has 2 aromatic rings. The van der Waals surface area contributed by atoms with Gasteiger partial charge >= 0.3 is 0 Å².